The molecule has 1 amide bonds. The van der Waals surface area contributed by atoms with Gasteiger partial charge in [-0.15, -0.1) is 0 Å². The molecule has 0 aliphatic carbocycles. The minimum absolute atomic E-state index is 0.118. The van der Waals surface area contributed by atoms with E-state index in [0.29, 0.717) is 6.54 Å². The number of carbonyl (C=O) groups excluding carboxylic acids is 1. The van der Waals surface area contributed by atoms with Gasteiger partial charge in [0.1, 0.15) is 11.5 Å². The van der Waals surface area contributed by atoms with Crippen LogP contribution in [0.25, 0.3) is 5.57 Å². The summed E-state index contributed by atoms with van der Waals surface area (Å²) in [5, 5.41) is 2.95. The topological polar surface area (TPSA) is 60.5 Å². The fourth-order valence-electron chi connectivity index (χ4n) is 3.56. The van der Waals surface area contributed by atoms with Crippen molar-refractivity contribution in [1.29, 1.82) is 0 Å². The average Bonchev–Trinajstić information content (AvgIpc) is 2.87. The van der Waals surface area contributed by atoms with Crippen LogP contribution in [0, 0.1) is 0 Å². The van der Waals surface area contributed by atoms with E-state index in [1.807, 2.05) is 66.9 Å². The standard InChI is InChI=1S/C28H30N2O3/c1-32-26-16-5-3-13-24(26)23(25-14-4-6-17-27(25)33-2)15-9-18-28(31)30-20-8-7-11-22-12-10-19-29-21-22/h3-6,9-10,12-19,21H,7-8,11,20H2,1-2H3,(H,30,31)/b18-9+. The number of benzene rings is 2. The smallest absolute Gasteiger partial charge is 0.243 e. The van der Waals surface area contributed by atoms with Crippen LogP contribution in [0.1, 0.15) is 29.5 Å². The summed E-state index contributed by atoms with van der Waals surface area (Å²) in [6, 6.07) is 19.6. The summed E-state index contributed by atoms with van der Waals surface area (Å²) in [6.45, 7) is 0.638. The van der Waals surface area contributed by atoms with E-state index in [4.69, 9.17) is 9.47 Å². The lowest BCUT2D eigenvalue weighted by Crippen LogP contribution is -2.22. The van der Waals surface area contributed by atoms with Crippen molar-refractivity contribution in [1.82, 2.24) is 10.3 Å². The zero-order valence-electron chi connectivity index (χ0n) is 19.2. The molecule has 170 valence electrons. The summed E-state index contributed by atoms with van der Waals surface area (Å²) in [4.78, 5) is 16.4. The third-order valence-corrected chi connectivity index (χ3v) is 5.22. The minimum Gasteiger partial charge on any atom is -0.496 e. The molecule has 0 radical (unpaired) electrons. The van der Waals surface area contributed by atoms with Crippen molar-refractivity contribution in [2.45, 2.75) is 19.3 Å². The second-order valence-corrected chi connectivity index (χ2v) is 7.45. The van der Waals surface area contributed by atoms with E-state index >= 15 is 0 Å². The van der Waals surface area contributed by atoms with Gasteiger partial charge in [0.05, 0.1) is 14.2 Å². The Morgan fingerprint density at radius 1 is 0.909 bits per heavy atom. The number of para-hydroxylation sites is 2. The molecule has 0 aliphatic rings. The first-order valence-electron chi connectivity index (χ1n) is 11.0. The normalized spacial score (nSPS) is 10.6. The van der Waals surface area contributed by atoms with Crippen LogP contribution in [-0.4, -0.2) is 31.7 Å². The lowest BCUT2D eigenvalue weighted by Gasteiger charge is -2.15. The Bertz CT molecular complexity index is 1040. The number of allylic oxidation sites excluding steroid dienone is 2. The molecule has 0 saturated heterocycles. The van der Waals surface area contributed by atoms with Gasteiger partial charge in [-0.05, 0) is 48.6 Å². The Balaban J connectivity index is 1.66. The third-order valence-electron chi connectivity index (χ3n) is 5.22. The molecule has 3 rings (SSSR count). The molecule has 33 heavy (non-hydrogen) atoms. The number of aryl methyl sites for hydroxylation is 1. The average molecular weight is 443 g/mol. The molecular formula is C28H30N2O3. The predicted molar refractivity (Wildman–Crippen MR) is 132 cm³/mol. The molecule has 1 heterocycles. The number of amides is 1. The van der Waals surface area contributed by atoms with Crippen LogP contribution in [0.4, 0.5) is 0 Å². The SMILES string of the molecule is COc1ccccc1C(=C/C=C/C(=O)NCCCCc1cccnc1)c1ccccc1OC. The number of methoxy groups -OCH3 is 2. The van der Waals surface area contributed by atoms with Crippen molar-refractivity contribution in [3.05, 3.63) is 108 Å². The number of pyridine rings is 1. The zero-order chi connectivity index (χ0) is 23.3. The van der Waals surface area contributed by atoms with Gasteiger partial charge in [-0.3, -0.25) is 9.78 Å². The first-order chi connectivity index (χ1) is 16.2. The Labute approximate surface area is 195 Å². The molecule has 0 spiro atoms. The van der Waals surface area contributed by atoms with Crippen LogP contribution in [0.15, 0.2) is 91.3 Å². The summed E-state index contributed by atoms with van der Waals surface area (Å²) in [5.41, 5.74) is 3.97. The number of rotatable bonds is 11. The molecule has 5 heteroatoms. The first kappa shape index (κ1) is 23.8. The van der Waals surface area contributed by atoms with E-state index < -0.39 is 0 Å². The van der Waals surface area contributed by atoms with Crippen LogP contribution in [0.2, 0.25) is 0 Å². The van der Waals surface area contributed by atoms with Crippen molar-refractivity contribution in [2.75, 3.05) is 20.8 Å². The van der Waals surface area contributed by atoms with E-state index in [1.165, 1.54) is 5.56 Å². The highest BCUT2D eigenvalue weighted by atomic mass is 16.5. The molecule has 1 N–H and O–H groups in total. The highest BCUT2D eigenvalue weighted by Gasteiger charge is 2.13. The lowest BCUT2D eigenvalue weighted by molar-refractivity contribution is -0.116. The molecular weight excluding hydrogens is 412 g/mol. The van der Waals surface area contributed by atoms with Gasteiger partial charge in [-0.25, -0.2) is 0 Å². The molecule has 0 unspecified atom stereocenters. The molecule has 2 aromatic carbocycles. The minimum atomic E-state index is -0.118. The lowest BCUT2D eigenvalue weighted by atomic mass is 9.95. The molecule has 0 aliphatic heterocycles. The fourth-order valence-corrected chi connectivity index (χ4v) is 3.56. The van der Waals surface area contributed by atoms with Crippen LogP contribution in [-0.2, 0) is 11.2 Å². The van der Waals surface area contributed by atoms with Crippen molar-refractivity contribution >= 4 is 11.5 Å². The van der Waals surface area contributed by atoms with Gasteiger partial charge in [0.15, 0.2) is 0 Å². The van der Waals surface area contributed by atoms with Crippen LogP contribution >= 0.6 is 0 Å². The Hall–Kier alpha value is -3.86. The summed E-state index contributed by atoms with van der Waals surface area (Å²) in [5.74, 6) is 1.38. The van der Waals surface area contributed by atoms with Crippen LogP contribution in [0.3, 0.4) is 0 Å². The largest absolute Gasteiger partial charge is 0.496 e. The Morgan fingerprint density at radius 2 is 1.58 bits per heavy atom. The molecule has 5 nitrogen and oxygen atoms in total. The van der Waals surface area contributed by atoms with E-state index in [1.54, 1.807) is 32.6 Å². The molecule has 1 aromatic heterocycles. The van der Waals surface area contributed by atoms with E-state index in [0.717, 1.165) is 47.5 Å². The monoisotopic (exact) mass is 442 g/mol. The van der Waals surface area contributed by atoms with E-state index in [-0.39, 0.29) is 5.91 Å². The van der Waals surface area contributed by atoms with Crippen molar-refractivity contribution in [3.63, 3.8) is 0 Å². The highest BCUT2D eigenvalue weighted by Crippen LogP contribution is 2.35. The molecule has 0 saturated carbocycles. The second-order valence-electron chi connectivity index (χ2n) is 7.45. The van der Waals surface area contributed by atoms with Crippen LogP contribution < -0.4 is 14.8 Å². The molecule has 0 atom stereocenters. The predicted octanol–water partition coefficient (Wildman–Crippen LogP) is 5.23. The van der Waals surface area contributed by atoms with Gasteiger partial charge in [0.2, 0.25) is 5.91 Å². The van der Waals surface area contributed by atoms with Crippen molar-refractivity contribution < 1.29 is 14.3 Å². The number of nitrogens with zero attached hydrogens (tertiary/aromatic N) is 1. The number of ether oxygens (including phenoxy) is 2. The molecule has 0 bridgehead atoms. The zero-order valence-corrected chi connectivity index (χ0v) is 19.2. The molecule has 0 fully saturated rings. The fraction of sp³-hybridized carbons (Fsp3) is 0.214. The Kier molecular flexibility index (Phi) is 9.28. The van der Waals surface area contributed by atoms with Gasteiger partial charge in [0.25, 0.3) is 0 Å². The summed E-state index contributed by atoms with van der Waals surface area (Å²) >= 11 is 0. The quantitative estimate of drug-likeness (QED) is 0.251. The number of aromatic nitrogens is 1. The van der Waals surface area contributed by atoms with Gasteiger partial charge in [0, 0.05) is 36.1 Å². The van der Waals surface area contributed by atoms with Gasteiger partial charge in [-0.1, -0.05) is 54.6 Å². The van der Waals surface area contributed by atoms with Crippen molar-refractivity contribution in [3.8, 4) is 11.5 Å². The maximum Gasteiger partial charge on any atom is 0.243 e. The van der Waals surface area contributed by atoms with E-state index in [2.05, 4.69) is 16.4 Å². The number of hydrogen-bond donors (Lipinski definition) is 1. The summed E-state index contributed by atoms with van der Waals surface area (Å²) < 4.78 is 11.1. The van der Waals surface area contributed by atoms with Crippen molar-refractivity contribution in [2.24, 2.45) is 0 Å². The number of hydrogen-bond acceptors (Lipinski definition) is 4. The number of nitrogens with one attached hydrogen (secondary N) is 1. The van der Waals surface area contributed by atoms with Gasteiger partial charge in [-0.2, -0.15) is 0 Å². The maximum atomic E-state index is 12.3. The first-order valence-corrected chi connectivity index (χ1v) is 11.0. The maximum absolute atomic E-state index is 12.3. The summed E-state index contributed by atoms with van der Waals surface area (Å²) in [7, 11) is 3.30. The highest BCUT2D eigenvalue weighted by molar-refractivity contribution is 5.90. The number of carbonyl (C=O) groups is 1. The number of unbranched alkanes of at least 4 members (excludes halogenated alkanes) is 1. The van der Waals surface area contributed by atoms with E-state index in [9.17, 15) is 4.79 Å². The van der Waals surface area contributed by atoms with Gasteiger partial charge < -0.3 is 14.8 Å². The Morgan fingerprint density at radius 3 is 2.18 bits per heavy atom. The molecule has 3 aromatic rings. The third kappa shape index (κ3) is 7.07. The second kappa shape index (κ2) is 12.9. The van der Waals surface area contributed by atoms with Gasteiger partial charge >= 0.3 is 0 Å². The van der Waals surface area contributed by atoms with Crippen LogP contribution in [0.5, 0.6) is 11.5 Å². The summed E-state index contributed by atoms with van der Waals surface area (Å²) in [6.07, 6.45) is 11.8.